The Morgan fingerprint density at radius 1 is 1.38 bits per heavy atom. The van der Waals surface area contributed by atoms with Gasteiger partial charge >= 0.3 is 0 Å². The first-order chi connectivity index (χ1) is 7.88. The number of H-pyrrole nitrogens is 2. The number of aromatic nitrogens is 4. The second kappa shape index (κ2) is 3.52. The third-order valence-corrected chi connectivity index (χ3v) is 2.68. The summed E-state index contributed by atoms with van der Waals surface area (Å²) in [6.45, 7) is 2.01. The highest BCUT2D eigenvalue weighted by molar-refractivity contribution is 6.52. The Balaban J connectivity index is 2.25. The molecule has 0 aliphatic heterocycles. The van der Waals surface area contributed by atoms with Crippen LogP contribution in [0.3, 0.4) is 0 Å². The van der Waals surface area contributed by atoms with Gasteiger partial charge in [-0.1, -0.05) is 18.4 Å². The molecule has 3 aromatic heterocycles. The van der Waals surface area contributed by atoms with Crippen LogP contribution in [0, 0.1) is 0 Å². The molecule has 0 fully saturated rings. The van der Waals surface area contributed by atoms with Crippen LogP contribution in [0.2, 0.25) is 6.82 Å². The van der Waals surface area contributed by atoms with E-state index in [9.17, 15) is 0 Å². The SMILES string of the molecule is C[B]c1cnc2[nH]cc(-c3ccn[nH]3)c2c1. The van der Waals surface area contributed by atoms with Crippen molar-refractivity contribution in [3.05, 3.63) is 30.7 Å². The highest BCUT2D eigenvalue weighted by Crippen LogP contribution is 2.24. The van der Waals surface area contributed by atoms with Crippen LogP contribution in [0.1, 0.15) is 0 Å². The summed E-state index contributed by atoms with van der Waals surface area (Å²) in [7, 11) is 2.04. The van der Waals surface area contributed by atoms with Gasteiger partial charge < -0.3 is 4.98 Å². The molecule has 0 bridgehead atoms. The predicted octanol–water partition coefficient (Wildman–Crippen LogP) is 1.33. The third kappa shape index (κ3) is 1.32. The van der Waals surface area contributed by atoms with Crippen molar-refractivity contribution in [1.82, 2.24) is 20.2 Å². The summed E-state index contributed by atoms with van der Waals surface area (Å²) in [5.74, 6) is 0. The molecule has 0 saturated carbocycles. The van der Waals surface area contributed by atoms with Crippen molar-refractivity contribution < 1.29 is 0 Å². The number of hydrogen-bond donors (Lipinski definition) is 2. The van der Waals surface area contributed by atoms with E-state index < -0.39 is 0 Å². The molecule has 0 aliphatic carbocycles. The molecule has 3 heterocycles. The van der Waals surface area contributed by atoms with Crippen molar-refractivity contribution in [3.63, 3.8) is 0 Å². The number of nitrogens with zero attached hydrogens (tertiary/aromatic N) is 2. The molecular formula is C11H10BN4. The van der Waals surface area contributed by atoms with Gasteiger partial charge in [-0.25, -0.2) is 4.98 Å². The zero-order chi connectivity index (χ0) is 11.0. The summed E-state index contributed by atoms with van der Waals surface area (Å²) in [6, 6.07) is 4.07. The molecule has 3 aromatic rings. The summed E-state index contributed by atoms with van der Waals surface area (Å²) in [6.07, 6.45) is 5.55. The molecule has 0 aromatic carbocycles. The lowest BCUT2D eigenvalue weighted by Gasteiger charge is -1.97. The van der Waals surface area contributed by atoms with Gasteiger partial charge in [0, 0.05) is 29.5 Å². The molecule has 2 N–H and O–H groups in total. The van der Waals surface area contributed by atoms with Gasteiger partial charge in [0.05, 0.1) is 5.69 Å². The summed E-state index contributed by atoms with van der Waals surface area (Å²) in [5.41, 5.74) is 4.12. The molecule has 0 amide bonds. The number of rotatable bonds is 2. The van der Waals surface area contributed by atoms with E-state index in [-0.39, 0.29) is 0 Å². The second-order valence-corrected chi connectivity index (χ2v) is 3.63. The van der Waals surface area contributed by atoms with Crippen molar-refractivity contribution in [2.45, 2.75) is 6.82 Å². The standard InChI is InChI=1S/C11H10BN4/c1-12-7-4-8-9(10-2-3-15-16-10)6-14-11(8)13-5-7/h2-6H,1H3,(H,13,14)(H,15,16). The number of pyridine rings is 1. The summed E-state index contributed by atoms with van der Waals surface area (Å²) >= 11 is 0. The third-order valence-electron chi connectivity index (χ3n) is 2.68. The Kier molecular flexibility index (Phi) is 2.03. The quantitative estimate of drug-likeness (QED) is 0.625. The molecule has 0 atom stereocenters. The van der Waals surface area contributed by atoms with Crippen LogP contribution in [0.5, 0.6) is 0 Å². The first-order valence-corrected chi connectivity index (χ1v) is 5.15. The molecule has 0 spiro atoms. The molecule has 0 saturated heterocycles. The van der Waals surface area contributed by atoms with Crippen LogP contribution < -0.4 is 5.46 Å². The van der Waals surface area contributed by atoms with Gasteiger partial charge in [0.1, 0.15) is 12.9 Å². The molecule has 77 valence electrons. The zero-order valence-corrected chi connectivity index (χ0v) is 8.86. The number of aromatic amines is 2. The van der Waals surface area contributed by atoms with Crippen LogP contribution in [0.15, 0.2) is 30.7 Å². The Morgan fingerprint density at radius 2 is 2.31 bits per heavy atom. The minimum atomic E-state index is 0.898. The fraction of sp³-hybridized carbons (Fsp3) is 0.0909. The topological polar surface area (TPSA) is 57.4 Å². The maximum Gasteiger partial charge on any atom is 0.150 e. The average Bonchev–Trinajstić information content (AvgIpc) is 2.96. The van der Waals surface area contributed by atoms with Gasteiger partial charge in [-0.2, -0.15) is 5.10 Å². The van der Waals surface area contributed by atoms with E-state index in [0.29, 0.717) is 0 Å². The van der Waals surface area contributed by atoms with E-state index in [1.165, 1.54) is 0 Å². The summed E-state index contributed by atoms with van der Waals surface area (Å²) < 4.78 is 0. The van der Waals surface area contributed by atoms with Gasteiger partial charge in [0.2, 0.25) is 0 Å². The first-order valence-electron chi connectivity index (χ1n) is 5.15. The summed E-state index contributed by atoms with van der Waals surface area (Å²) in [5, 5.41) is 8.03. The number of nitrogens with one attached hydrogen (secondary N) is 2. The van der Waals surface area contributed by atoms with Crippen molar-refractivity contribution >= 4 is 23.8 Å². The van der Waals surface area contributed by atoms with Crippen LogP contribution in [0.4, 0.5) is 0 Å². The Hall–Kier alpha value is -2.04. The van der Waals surface area contributed by atoms with Crippen LogP contribution >= 0.6 is 0 Å². The van der Waals surface area contributed by atoms with Gasteiger partial charge in [0.15, 0.2) is 0 Å². The maximum absolute atomic E-state index is 4.36. The maximum atomic E-state index is 4.36. The molecule has 0 aliphatic rings. The molecular weight excluding hydrogens is 199 g/mol. The molecule has 0 unspecified atom stereocenters. The lowest BCUT2D eigenvalue weighted by atomic mass is 9.74. The predicted molar refractivity (Wildman–Crippen MR) is 64.9 cm³/mol. The Morgan fingerprint density at radius 3 is 3.06 bits per heavy atom. The highest BCUT2D eigenvalue weighted by Gasteiger charge is 2.08. The first kappa shape index (κ1) is 9.21. The van der Waals surface area contributed by atoms with E-state index in [4.69, 9.17) is 0 Å². The van der Waals surface area contributed by atoms with Gasteiger partial charge in [-0.3, -0.25) is 5.10 Å². The molecule has 1 radical (unpaired) electrons. The summed E-state index contributed by atoms with van der Waals surface area (Å²) in [4.78, 5) is 7.52. The number of hydrogen-bond acceptors (Lipinski definition) is 2. The van der Waals surface area contributed by atoms with Crippen LogP contribution in [-0.4, -0.2) is 27.4 Å². The second-order valence-electron chi connectivity index (χ2n) is 3.63. The molecule has 3 rings (SSSR count). The monoisotopic (exact) mass is 209 g/mol. The van der Waals surface area contributed by atoms with Crippen molar-refractivity contribution in [1.29, 1.82) is 0 Å². The van der Waals surface area contributed by atoms with Gasteiger partial charge in [0.25, 0.3) is 0 Å². The lowest BCUT2D eigenvalue weighted by Crippen LogP contribution is -2.10. The zero-order valence-electron chi connectivity index (χ0n) is 8.86. The smallest absolute Gasteiger partial charge is 0.150 e. The fourth-order valence-corrected chi connectivity index (χ4v) is 1.81. The van der Waals surface area contributed by atoms with E-state index in [1.54, 1.807) is 6.20 Å². The van der Waals surface area contributed by atoms with Crippen molar-refractivity contribution in [3.8, 4) is 11.3 Å². The average molecular weight is 209 g/mol. The number of fused-ring (bicyclic) bond motifs is 1. The Labute approximate surface area is 93.3 Å². The molecule has 4 nitrogen and oxygen atoms in total. The fourth-order valence-electron chi connectivity index (χ4n) is 1.81. The van der Waals surface area contributed by atoms with E-state index >= 15 is 0 Å². The van der Waals surface area contributed by atoms with Gasteiger partial charge in [-0.05, 0) is 6.07 Å². The minimum Gasteiger partial charge on any atom is -0.345 e. The highest BCUT2D eigenvalue weighted by atomic mass is 15.1. The van der Waals surface area contributed by atoms with Crippen molar-refractivity contribution in [2.75, 3.05) is 0 Å². The minimum absolute atomic E-state index is 0.898. The van der Waals surface area contributed by atoms with Crippen LogP contribution in [-0.2, 0) is 0 Å². The van der Waals surface area contributed by atoms with E-state index in [2.05, 4.69) is 26.2 Å². The van der Waals surface area contributed by atoms with E-state index in [0.717, 1.165) is 27.8 Å². The Bertz CT molecular complexity index is 612. The molecule has 5 heteroatoms. The largest absolute Gasteiger partial charge is 0.345 e. The van der Waals surface area contributed by atoms with Crippen LogP contribution in [0.25, 0.3) is 22.3 Å². The lowest BCUT2D eigenvalue weighted by molar-refractivity contribution is 1.10. The van der Waals surface area contributed by atoms with E-state index in [1.807, 2.05) is 32.6 Å². The molecule has 16 heavy (non-hydrogen) atoms. The normalized spacial score (nSPS) is 10.8. The van der Waals surface area contributed by atoms with Crippen molar-refractivity contribution in [2.24, 2.45) is 0 Å². The van der Waals surface area contributed by atoms with Gasteiger partial charge in [-0.15, -0.1) is 0 Å².